The van der Waals surface area contributed by atoms with Crippen LogP contribution in [0, 0.1) is 0 Å². The Bertz CT molecular complexity index is 504. The van der Waals surface area contributed by atoms with E-state index in [1.165, 1.54) is 5.41 Å². The van der Waals surface area contributed by atoms with Crippen LogP contribution in [0.25, 0.3) is 0 Å². The second-order valence-electron chi connectivity index (χ2n) is 4.03. The Morgan fingerprint density at radius 3 is 2.88 bits per heavy atom. The van der Waals surface area contributed by atoms with E-state index in [2.05, 4.69) is 10.4 Å². The molecule has 2 unspecified atom stereocenters. The molecule has 0 fully saturated rings. The van der Waals surface area contributed by atoms with Crippen molar-refractivity contribution >= 4 is 9.84 Å². The summed E-state index contributed by atoms with van der Waals surface area (Å²) in [7, 11) is -1.12. The fourth-order valence-electron chi connectivity index (χ4n) is 1.89. The minimum Gasteiger partial charge on any atom is -0.301 e. The first kappa shape index (κ1) is 11.3. The lowest BCUT2D eigenvalue weighted by atomic mass is 10.2. The summed E-state index contributed by atoms with van der Waals surface area (Å²) in [6, 6.07) is 1.90. The van der Waals surface area contributed by atoms with Gasteiger partial charge in [-0.3, -0.25) is 4.68 Å². The molecule has 2 rings (SSSR count). The molecule has 6 heteroatoms. The van der Waals surface area contributed by atoms with Gasteiger partial charge in [-0.05, 0) is 13.0 Å². The number of aryl methyl sites for hydroxylation is 1. The second-order valence-corrected chi connectivity index (χ2v) is 5.96. The lowest BCUT2D eigenvalue weighted by Gasteiger charge is -2.17. The van der Waals surface area contributed by atoms with Crippen molar-refractivity contribution in [2.45, 2.75) is 19.0 Å². The topological polar surface area (TPSA) is 64.0 Å². The summed E-state index contributed by atoms with van der Waals surface area (Å²) in [5.41, 5.74) is 1.04. The standard InChI is InChI=1S/C10H15N3O2S/c1-8(10-3-5-11-13(10)2)12-9-4-6-16(14,15)7-9/h3-6,8-9,12H,7H2,1-2H3. The molecular formula is C10H15N3O2S. The van der Waals surface area contributed by atoms with Gasteiger partial charge in [0.15, 0.2) is 9.84 Å². The summed E-state index contributed by atoms with van der Waals surface area (Å²) < 4.78 is 24.2. The SMILES string of the molecule is CC(NC1C=CS(=O)(=O)C1)c1ccnn1C. The molecule has 1 aromatic heterocycles. The predicted octanol–water partition coefficient (Wildman–Crippen LogP) is 0.381. The first-order valence-electron chi connectivity index (χ1n) is 5.13. The minimum absolute atomic E-state index is 0.0791. The summed E-state index contributed by atoms with van der Waals surface area (Å²) in [4.78, 5) is 0. The number of rotatable bonds is 3. The van der Waals surface area contributed by atoms with Gasteiger partial charge in [-0.25, -0.2) is 8.42 Å². The monoisotopic (exact) mass is 241 g/mol. The van der Waals surface area contributed by atoms with E-state index < -0.39 is 9.84 Å². The normalized spacial score (nSPS) is 24.8. The predicted molar refractivity (Wildman–Crippen MR) is 61.5 cm³/mol. The van der Waals surface area contributed by atoms with Crippen molar-refractivity contribution in [3.63, 3.8) is 0 Å². The highest BCUT2D eigenvalue weighted by molar-refractivity contribution is 7.94. The van der Waals surface area contributed by atoms with Gasteiger partial charge in [-0.1, -0.05) is 6.08 Å². The molecule has 2 atom stereocenters. The summed E-state index contributed by atoms with van der Waals surface area (Å²) in [5, 5.41) is 8.61. The summed E-state index contributed by atoms with van der Waals surface area (Å²) in [5.74, 6) is 0.148. The molecule has 0 aliphatic carbocycles. The molecule has 1 aliphatic heterocycles. The van der Waals surface area contributed by atoms with E-state index in [0.29, 0.717) is 0 Å². The molecule has 0 bridgehead atoms. The fraction of sp³-hybridized carbons (Fsp3) is 0.500. The minimum atomic E-state index is -2.99. The van der Waals surface area contributed by atoms with Gasteiger partial charge in [0, 0.05) is 30.7 Å². The van der Waals surface area contributed by atoms with Crippen molar-refractivity contribution in [2.24, 2.45) is 7.05 Å². The molecule has 16 heavy (non-hydrogen) atoms. The Kier molecular flexibility index (Phi) is 2.86. The molecule has 0 saturated heterocycles. The second kappa shape index (κ2) is 4.03. The molecule has 88 valence electrons. The third-order valence-corrected chi connectivity index (χ3v) is 4.09. The van der Waals surface area contributed by atoms with E-state index in [-0.39, 0.29) is 17.8 Å². The molecule has 0 saturated carbocycles. The van der Waals surface area contributed by atoms with E-state index in [9.17, 15) is 8.42 Å². The van der Waals surface area contributed by atoms with Crippen LogP contribution in [0.15, 0.2) is 23.7 Å². The zero-order valence-electron chi connectivity index (χ0n) is 9.29. The highest BCUT2D eigenvalue weighted by Crippen LogP contribution is 2.15. The van der Waals surface area contributed by atoms with Crippen LogP contribution >= 0.6 is 0 Å². The van der Waals surface area contributed by atoms with Crippen molar-refractivity contribution < 1.29 is 8.42 Å². The zero-order chi connectivity index (χ0) is 11.8. The van der Waals surface area contributed by atoms with E-state index in [4.69, 9.17) is 0 Å². The number of aromatic nitrogens is 2. The number of nitrogens with zero attached hydrogens (tertiary/aromatic N) is 2. The van der Waals surface area contributed by atoms with Crippen LogP contribution in [0.2, 0.25) is 0 Å². The van der Waals surface area contributed by atoms with Crippen LogP contribution in [0.4, 0.5) is 0 Å². The Hall–Kier alpha value is -1.14. The quantitative estimate of drug-likeness (QED) is 0.831. The van der Waals surface area contributed by atoms with Crippen LogP contribution in [0.5, 0.6) is 0 Å². The van der Waals surface area contributed by atoms with Crippen molar-refractivity contribution in [1.29, 1.82) is 0 Å². The van der Waals surface area contributed by atoms with Crippen LogP contribution in [0.3, 0.4) is 0 Å². The average molecular weight is 241 g/mol. The van der Waals surface area contributed by atoms with Crippen molar-refractivity contribution in [2.75, 3.05) is 5.75 Å². The van der Waals surface area contributed by atoms with Crippen LogP contribution < -0.4 is 5.32 Å². The Morgan fingerprint density at radius 2 is 2.38 bits per heavy atom. The van der Waals surface area contributed by atoms with E-state index in [1.807, 2.05) is 20.0 Å². The molecule has 1 N–H and O–H groups in total. The third-order valence-electron chi connectivity index (χ3n) is 2.70. The molecule has 0 aromatic carbocycles. The fourth-order valence-corrected chi connectivity index (χ4v) is 3.14. The van der Waals surface area contributed by atoms with Gasteiger partial charge in [-0.2, -0.15) is 5.10 Å². The summed E-state index contributed by atoms with van der Waals surface area (Å²) in [6.45, 7) is 2.00. The van der Waals surface area contributed by atoms with Gasteiger partial charge < -0.3 is 5.32 Å². The van der Waals surface area contributed by atoms with Crippen LogP contribution in [-0.4, -0.2) is 30.0 Å². The largest absolute Gasteiger partial charge is 0.301 e. The number of hydrogen-bond acceptors (Lipinski definition) is 4. The zero-order valence-corrected chi connectivity index (χ0v) is 10.1. The molecular weight excluding hydrogens is 226 g/mol. The van der Waals surface area contributed by atoms with E-state index >= 15 is 0 Å². The van der Waals surface area contributed by atoms with Crippen molar-refractivity contribution in [3.8, 4) is 0 Å². The Labute approximate surface area is 95.1 Å². The number of hydrogen-bond donors (Lipinski definition) is 1. The van der Waals surface area contributed by atoms with Gasteiger partial charge in [0.25, 0.3) is 0 Å². The first-order chi connectivity index (χ1) is 7.48. The van der Waals surface area contributed by atoms with E-state index in [0.717, 1.165) is 5.69 Å². The summed E-state index contributed by atoms with van der Waals surface area (Å²) >= 11 is 0. The van der Waals surface area contributed by atoms with Crippen LogP contribution in [0.1, 0.15) is 18.7 Å². The van der Waals surface area contributed by atoms with Crippen molar-refractivity contribution in [3.05, 3.63) is 29.4 Å². The molecule has 2 heterocycles. The molecule has 1 aromatic rings. The summed E-state index contributed by atoms with van der Waals surface area (Å²) in [6.07, 6.45) is 3.43. The van der Waals surface area contributed by atoms with Crippen LogP contribution in [-0.2, 0) is 16.9 Å². The van der Waals surface area contributed by atoms with Gasteiger partial charge >= 0.3 is 0 Å². The maximum absolute atomic E-state index is 11.2. The average Bonchev–Trinajstić information content (AvgIpc) is 2.72. The lowest BCUT2D eigenvalue weighted by molar-refractivity contribution is 0.503. The molecule has 0 radical (unpaired) electrons. The third kappa shape index (κ3) is 2.33. The van der Waals surface area contributed by atoms with Gasteiger partial charge in [-0.15, -0.1) is 0 Å². The van der Waals surface area contributed by atoms with Gasteiger partial charge in [0.2, 0.25) is 0 Å². The molecule has 1 aliphatic rings. The maximum atomic E-state index is 11.2. The Morgan fingerprint density at radius 1 is 1.62 bits per heavy atom. The molecule has 5 nitrogen and oxygen atoms in total. The van der Waals surface area contributed by atoms with Crippen molar-refractivity contribution in [1.82, 2.24) is 15.1 Å². The Balaban J connectivity index is 2.02. The maximum Gasteiger partial charge on any atom is 0.173 e. The number of nitrogens with one attached hydrogen (secondary N) is 1. The highest BCUT2D eigenvalue weighted by atomic mass is 32.2. The van der Waals surface area contributed by atoms with E-state index in [1.54, 1.807) is 17.0 Å². The number of sulfone groups is 1. The highest BCUT2D eigenvalue weighted by Gasteiger charge is 2.23. The lowest BCUT2D eigenvalue weighted by Crippen LogP contribution is -2.33. The smallest absolute Gasteiger partial charge is 0.173 e. The van der Waals surface area contributed by atoms with Gasteiger partial charge in [0.1, 0.15) is 0 Å². The van der Waals surface area contributed by atoms with Gasteiger partial charge in [0.05, 0.1) is 11.4 Å². The first-order valence-corrected chi connectivity index (χ1v) is 6.84. The molecule has 0 amide bonds. The molecule has 0 spiro atoms.